The van der Waals surface area contributed by atoms with E-state index in [0.717, 1.165) is 6.61 Å². The summed E-state index contributed by atoms with van der Waals surface area (Å²) in [5.74, 6) is 1.52. The molecule has 0 bridgehead atoms. The molecule has 1 aliphatic heterocycles. The minimum absolute atomic E-state index is 0.420. The highest BCUT2D eigenvalue weighted by Crippen LogP contribution is 2.33. The molecule has 1 radical (unpaired) electrons. The van der Waals surface area contributed by atoms with Crippen LogP contribution in [0.3, 0.4) is 0 Å². The molecule has 1 aromatic carbocycles. The van der Waals surface area contributed by atoms with Crippen LogP contribution in [-0.2, 0) is 4.74 Å². The number of benzene rings is 1. The largest absolute Gasteiger partial charge is 0.372 e. The second-order valence-electron chi connectivity index (χ2n) is 4.88. The van der Waals surface area contributed by atoms with Crippen molar-refractivity contribution in [2.45, 2.75) is 51.6 Å². The van der Waals surface area contributed by atoms with E-state index in [1.54, 1.807) is 0 Å². The Hall–Kier alpha value is -0.820. The Bertz CT molecular complexity index is 303. The van der Waals surface area contributed by atoms with Gasteiger partial charge in [-0.1, -0.05) is 69.4 Å². The highest BCUT2D eigenvalue weighted by molar-refractivity contribution is 5.34. The Morgan fingerprint density at radius 1 is 1.12 bits per heavy atom. The minimum atomic E-state index is 0.420. The predicted octanol–water partition coefficient (Wildman–Crippen LogP) is 4.37. The normalized spacial score (nSPS) is 18.6. The van der Waals surface area contributed by atoms with Gasteiger partial charge in [0, 0.05) is 5.92 Å². The average molecular weight is 231 g/mol. The number of hydrogen-bond acceptors (Lipinski definition) is 1. The third kappa shape index (κ3) is 4.16. The molecular formula is C16H23O. The molecule has 1 heteroatoms. The summed E-state index contributed by atoms with van der Waals surface area (Å²) in [4.78, 5) is 0. The lowest BCUT2D eigenvalue weighted by atomic mass is 9.90. The summed E-state index contributed by atoms with van der Waals surface area (Å²) in [5.41, 5.74) is 1.38. The van der Waals surface area contributed by atoms with Gasteiger partial charge in [-0.25, -0.2) is 0 Å². The van der Waals surface area contributed by atoms with Crippen molar-refractivity contribution >= 4 is 0 Å². The maximum Gasteiger partial charge on any atom is 0.0915 e. The van der Waals surface area contributed by atoms with Crippen molar-refractivity contribution in [3.8, 4) is 0 Å². The zero-order valence-corrected chi connectivity index (χ0v) is 10.8. The first-order chi connectivity index (χ1) is 8.42. The molecule has 1 aliphatic rings. The molecule has 0 amide bonds. The van der Waals surface area contributed by atoms with Crippen LogP contribution in [0, 0.1) is 5.92 Å². The topological polar surface area (TPSA) is 12.5 Å². The summed E-state index contributed by atoms with van der Waals surface area (Å²) in [5, 5.41) is 0. The van der Waals surface area contributed by atoms with Crippen molar-refractivity contribution in [3.63, 3.8) is 0 Å². The molecule has 0 saturated carbocycles. The smallest absolute Gasteiger partial charge is 0.0915 e. The fourth-order valence-corrected chi connectivity index (χ4v) is 2.31. The van der Waals surface area contributed by atoms with E-state index >= 15 is 0 Å². The van der Waals surface area contributed by atoms with E-state index in [1.807, 2.05) is 0 Å². The highest BCUT2D eigenvalue weighted by atomic mass is 16.6. The molecule has 93 valence electrons. The summed E-state index contributed by atoms with van der Waals surface area (Å²) < 4.78 is 5.47. The lowest BCUT2D eigenvalue weighted by Crippen LogP contribution is -2.07. The van der Waals surface area contributed by atoms with Gasteiger partial charge in [0.25, 0.3) is 0 Å². The number of epoxide rings is 1. The van der Waals surface area contributed by atoms with Crippen molar-refractivity contribution in [1.82, 2.24) is 0 Å². The number of unbranched alkanes of at least 4 members (excludes halogenated alkanes) is 4. The highest BCUT2D eigenvalue weighted by Gasteiger charge is 2.33. The molecule has 1 heterocycles. The fourth-order valence-electron chi connectivity index (χ4n) is 2.31. The molecular weight excluding hydrogens is 208 g/mol. The molecule has 1 saturated heterocycles. The van der Waals surface area contributed by atoms with Crippen LogP contribution in [0.5, 0.6) is 0 Å². The zero-order chi connectivity index (χ0) is 11.9. The summed E-state index contributed by atoms with van der Waals surface area (Å²) in [7, 11) is 0. The van der Waals surface area contributed by atoms with E-state index in [0.29, 0.717) is 6.10 Å². The first-order valence-electron chi connectivity index (χ1n) is 6.94. The Morgan fingerprint density at radius 2 is 1.82 bits per heavy atom. The summed E-state index contributed by atoms with van der Waals surface area (Å²) in [6.07, 6.45) is 8.37. The lowest BCUT2D eigenvalue weighted by molar-refractivity contribution is 0.409. The number of ether oxygens (including phenoxy) is 1. The first kappa shape index (κ1) is 12.6. The Balaban J connectivity index is 1.78. The van der Waals surface area contributed by atoms with Crippen LogP contribution in [0.2, 0.25) is 0 Å². The SMILES string of the molecule is CCCCCCC[C](c1ccccc1)C1CO1. The second-order valence-corrected chi connectivity index (χ2v) is 4.88. The molecule has 0 aliphatic carbocycles. The molecule has 1 nitrogen and oxygen atoms in total. The van der Waals surface area contributed by atoms with Gasteiger partial charge in [0.2, 0.25) is 0 Å². The first-order valence-corrected chi connectivity index (χ1v) is 6.94. The fraction of sp³-hybridized carbons (Fsp3) is 0.562. The zero-order valence-electron chi connectivity index (χ0n) is 10.8. The third-order valence-corrected chi connectivity index (χ3v) is 3.42. The second kappa shape index (κ2) is 6.80. The molecule has 2 rings (SSSR count). The van der Waals surface area contributed by atoms with E-state index < -0.39 is 0 Å². The standard InChI is InChI=1S/C16H23O/c1-2-3-4-5-9-12-15(16-13-17-16)14-10-7-6-8-11-14/h6-8,10-11,16H,2-5,9,12-13H2,1H3. The average Bonchev–Trinajstić information content (AvgIpc) is 3.19. The summed E-state index contributed by atoms with van der Waals surface area (Å²) in [6.45, 7) is 3.19. The number of hydrogen-bond donors (Lipinski definition) is 0. The molecule has 17 heavy (non-hydrogen) atoms. The Kier molecular flexibility index (Phi) is 5.06. The van der Waals surface area contributed by atoms with Crippen molar-refractivity contribution in [2.24, 2.45) is 0 Å². The van der Waals surface area contributed by atoms with E-state index in [-0.39, 0.29) is 0 Å². The van der Waals surface area contributed by atoms with Gasteiger partial charge in [-0.3, -0.25) is 0 Å². The third-order valence-electron chi connectivity index (χ3n) is 3.42. The molecule has 1 atom stereocenters. The molecule has 0 spiro atoms. The molecule has 0 aromatic heterocycles. The van der Waals surface area contributed by atoms with Crippen molar-refractivity contribution in [3.05, 3.63) is 41.8 Å². The summed E-state index contributed by atoms with van der Waals surface area (Å²) in [6, 6.07) is 10.7. The molecule has 1 aromatic rings. The van der Waals surface area contributed by atoms with Crippen LogP contribution < -0.4 is 0 Å². The molecule has 1 fully saturated rings. The van der Waals surface area contributed by atoms with E-state index in [2.05, 4.69) is 37.3 Å². The molecule has 0 N–H and O–H groups in total. The summed E-state index contributed by atoms with van der Waals surface area (Å²) >= 11 is 0. The quantitative estimate of drug-likeness (QED) is 0.478. The van der Waals surface area contributed by atoms with Crippen LogP contribution in [0.1, 0.15) is 51.0 Å². The lowest BCUT2D eigenvalue weighted by Gasteiger charge is -2.13. The Morgan fingerprint density at radius 3 is 2.47 bits per heavy atom. The van der Waals surface area contributed by atoms with Gasteiger partial charge >= 0.3 is 0 Å². The van der Waals surface area contributed by atoms with E-state index in [9.17, 15) is 0 Å². The van der Waals surface area contributed by atoms with Gasteiger partial charge in [0.1, 0.15) is 0 Å². The predicted molar refractivity (Wildman–Crippen MR) is 71.9 cm³/mol. The van der Waals surface area contributed by atoms with Gasteiger partial charge in [0.05, 0.1) is 12.7 Å². The van der Waals surface area contributed by atoms with E-state index in [4.69, 9.17) is 4.74 Å². The van der Waals surface area contributed by atoms with Crippen LogP contribution >= 0.6 is 0 Å². The monoisotopic (exact) mass is 231 g/mol. The van der Waals surface area contributed by atoms with Crippen LogP contribution in [0.15, 0.2) is 30.3 Å². The van der Waals surface area contributed by atoms with Gasteiger partial charge in [-0.05, 0) is 12.0 Å². The van der Waals surface area contributed by atoms with E-state index in [1.165, 1.54) is 50.0 Å². The van der Waals surface area contributed by atoms with Gasteiger partial charge < -0.3 is 4.74 Å². The van der Waals surface area contributed by atoms with Crippen molar-refractivity contribution in [2.75, 3.05) is 6.61 Å². The van der Waals surface area contributed by atoms with Crippen molar-refractivity contribution < 1.29 is 4.74 Å². The molecule has 1 unspecified atom stereocenters. The Labute approximate surface area is 105 Å². The maximum atomic E-state index is 5.47. The minimum Gasteiger partial charge on any atom is -0.372 e. The van der Waals surface area contributed by atoms with Crippen molar-refractivity contribution in [1.29, 1.82) is 0 Å². The van der Waals surface area contributed by atoms with Gasteiger partial charge in [0.15, 0.2) is 0 Å². The van der Waals surface area contributed by atoms with Gasteiger partial charge in [-0.15, -0.1) is 0 Å². The maximum absolute atomic E-state index is 5.47. The van der Waals surface area contributed by atoms with Crippen LogP contribution in [0.4, 0.5) is 0 Å². The van der Waals surface area contributed by atoms with Gasteiger partial charge in [-0.2, -0.15) is 0 Å². The van der Waals surface area contributed by atoms with Crippen LogP contribution in [-0.4, -0.2) is 12.7 Å². The number of rotatable bonds is 8. The van der Waals surface area contributed by atoms with Crippen LogP contribution in [0.25, 0.3) is 0 Å².